The van der Waals surface area contributed by atoms with Crippen LogP contribution in [0, 0.1) is 0 Å². The SMILES string of the molecule is C=C1SC2CCCCN2C1=C. The first-order valence-electron chi connectivity index (χ1n) is 4.10. The molecule has 2 aliphatic heterocycles. The van der Waals surface area contributed by atoms with Crippen LogP contribution in [0.1, 0.15) is 19.3 Å². The highest BCUT2D eigenvalue weighted by Gasteiger charge is 2.31. The van der Waals surface area contributed by atoms with Crippen LogP contribution in [0.3, 0.4) is 0 Å². The molecular weight excluding hydrogens is 154 g/mol. The molecule has 1 atom stereocenters. The number of piperidine rings is 1. The smallest absolute Gasteiger partial charge is 0.0797 e. The lowest BCUT2D eigenvalue weighted by atomic mass is 10.1. The van der Waals surface area contributed by atoms with Gasteiger partial charge in [-0.1, -0.05) is 24.9 Å². The maximum Gasteiger partial charge on any atom is 0.0797 e. The predicted molar refractivity (Wildman–Crippen MR) is 50.2 cm³/mol. The molecule has 0 aromatic heterocycles. The lowest BCUT2D eigenvalue weighted by Crippen LogP contribution is -2.31. The monoisotopic (exact) mass is 167 g/mol. The number of nitrogens with zero attached hydrogens (tertiary/aromatic N) is 1. The van der Waals surface area contributed by atoms with Crippen molar-refractivity contribution in [2.75, 3.05) is 6.54 Å². The minimum Gasteiger partial charge on any atom is -0.359 e. The zero-order valence-corrected chi connectivity index (χ0v) is 7.49. The fourth-order valence-electron chi connectivity index (χ4n) is 1.72. The van der Waals surface area contributed by atoms with E-state index in [2.05, 4.69) is 18.1 Å². The van der Waals surface area contributed by atoms with Crippen LogP contribution in [-0.4, -0.2) is 16.8 Å². The summed E-state index contributed by atoms with van der Waals surface area (Å²) in [5.41, 5.74) is 1.17. The molecule has 2 saturated heterocycles. The Kier molecular flexibility index (Phi) is 1.72. The highest BCUT2D eigenvalue weighted by Crippen LogP contribution is 2.43. The number of thioether (sulfide) groups is 1. The molecule has 0 amide bonds. The number of fused-ring (bicyclic) bond motifs is 1. The topological polar surface area (TPSA) is 3.24 Å². The fraction of sp³-hybridized carbons (Fsp3) is 0.556. The molecule has 11 heavy (non-hydrogen) atoms. The Morgan fingerprint density at radius 3 is 2.91 bits per heavy atom. The van der Waals surface area contributed by atoms with Crippen molar-refractivity contribution in [1.82, 2.24) is 4.90 Å². The summed E-state index contributed by atoms with van der Waals surface area (Å²) in [6, 6.07) is 0. The van der Waals surface area contributed by atoms with Gasteiger partial charge in [0.25, 0.3) is 0 Å². The first kappa shape index (κ1) is 7.29. The first-order valence-corrected chi connectivity index (χ1v) is 4.98. The second-order valence-corrected chi connectivity index (χ2v) is 4.40. The molecule has 2 heterocycles. The molecule has 2 fully saturated rings. The predicted octanol–water partition coefficient (Wildman–Crippen LogP) is 2.57. The minimum absolute atomic E-state index is 0.670. The third-order valence-electron chi connectivity index (χ3n) is 2.39. The molecule has 2 aliphatic rings. The molecule has 1 nitrogen and oxygen atoms in total. The van der Waals surface area contributed by atoms with E-state index in [1.54, 1.807) is 0 Å². The minimum atomic E-state index is 0.670. The van der Waals surface area contributed by atoms with E-state index in [1.807, 2.05) is 11.8 Å². The van der Waals surface area contributed by atoms with E-state index in [9.17, 15) is 0 Å². The van der Waals surface area contributed by atoms with Gasteiger partial charge in [-0.3, -0.25) is 0 Å². The Balaban J connectivity index is 2.18. The van der Waals surface area contributed by atoms with Crippen molar-refractivity contribution in [3.05, 3.63) is 23.8 Å². The lowest BCUT2D eigenvalue weighted by molar-refractivity contribution is 0.277. The summed E-state index contributed by atoms with van der Waals surface area (Å²) in [4.78, 5) is 3.58. The molecular formula is C9H13NS. The number of rotatable bonds is 0. The van der Waals surface area contributed by atoms with Crippen molar-refractivity contribution in [3.63, 3.8) is 0 Å². The molecule has 0 bridgehead atoms. The molecule has 0 spiro atoms. The molecule has 2 rings (SSSR count). The van der Waals surface area contributed by atoms with Gasteiger partial charge in [0.15, 0.2) is 0 Å². The van der Waals surface area contributed by atoms with Crippen LogP contribution in [0.5, 0.6) is 0 Å². The summed E-state index contributed by atoms with van der Waals surface area (Å²) in [6.45, 7) is 9.20. The Bertz CT molecular complexity index is 210. The van der Waals surface area contributed by atoms with Crippen molar-refractivity contribution in [2.45, 2.75) is 24.6 Å². The van der Waals surface area contributed by atoms with Crippen LogP contribution in [-0.2, 0) is 0 Å². The van der Waals surface area contributed by atoms with E-state index in [1.165, 1.54) is 36.4 Å². The van der Waals surface area contributed by atoms with Crippen molar-refractivity contribution in [2.24, 2.45) is 0 Å². The van der Waals surface area contributed by atoms with Crippen molar-refractivity contribution < 1.29 is 0 Å². The standard InChI is InChI=1S/C9H13NS/c1-7-8(2)11-9-5-3-4-6-10(7)9/h9H,1-6H2. The Morgan fingerprint density at radius 2 is 2.18 bits per heavy atom. The summed E-state index contributed by atoms with van der Waals surface area (Å²) in [7, 11) is 0. The maximum absolute atomic E-state index is 4.03. The molecule has 0 aromatic carbocycles. The van der Waals surface area contributed by atoms with Gasteiger partial charge in [-0.2, -0.15) is 0 Å². The lowest BCUT2D eigenvalue weighted by Gasteiger charge is -2.30. The zero-order chi connectivity index (χ0) is 7.84. The Morgan fingerprint density at radius 1 is 1.36 bits per heavy atom. The number of hydrogen-bond acceptors (Lipinski definition) is 2. The summed E-state index contributed by atoms with van der Waals surface area (Å²) < 4.78 is 0. The quantitative estimate of drug-likeness (QED) is 0.545. The highest BCUT2D eigenvalue weighted by molar-refractivity contribution is 8.04. The molecule has 0 aromatic rings. The largest absolute Gasteiger partial charge is 0.359 e. The van der Waals surface area contributed by atoms with Gasteiger partial charge in [0.05, 0.1) is 5.37 Å². The summed E-state index contributed by atoms with van der Waals surface area (Å²) >= 11 is 1.89. The van der Waals surface area contributed by atoms with E-state index in [0.717, 1.165) is 0 Å². The van der Waals surface area contributed by atoms with Crippen LogP contribution >= 0.6 is 11.8 Å². The van der Waals surface area contributed by atoms with Crippen molar-refractivity contribution >= 4 is 11.8 Å². The second kappa shape index (κ2) is 2.59. The number of hydrogen-bond donors (Lipinski definition) is 0. The van der Waals surface area contributed by atoms with Crippen molar-refractivity contribution in [3.8, 4) is 0 Å². The average molecular weight is 167 g/mol. The Hall–Kier alpha value is -0.370. The van der Waals surface area contributed by atoms with E-state index in [4.69, 9.17) is 0 Å². The van der Waals surface area contributed by atoms with Gasteiger partial charge in [0.2, 0.25) is 0 Å². The summed E-state index contributed by atoms with van der Waals surface area (Å²) in [5, 5.41) is 0.670. The zero-order valence-electron chi connectivity index (χ0n) is 6.68. The van der Waals surface area contributed by atoms with Gasteiger partial charge in [-0.15, -0.1) is 0 Å². The summed E-state index contributed by atoms with van der Waals surface area (Å²) in [5.74, 6) is 0. The van der Waals surface area contributed by atoms with Crippen LogP contribution in [0.4, 0.5) is 0 Å². The van der Waals surface area contributed by atoms with Gasteiger partial charge >= 0.3 is 0 Å². The van der Waals surface area contributed by atoms with Gasteiger partial charge in [0, 0.05) is 17.1 Å². The van der Waals surface area contributed by atoms with Crippen molar-refractivity contribution in [1.29, 1.82) is 0 Å². The highest BCUT2D eigenvalue weighted by atomic mass is 32.2. The molecule has 0 N–H and O–H groups in total. The molecule has 2 heteroatoms. The van der Waals surface area contributed by atoms with E-state index in [-0.39, 0.29) is 0 Å². The molecule has 1 unspecified atom stereocenters. The molecule has 0 aliphatic carbocycles. The first-order chi connectivity index (χ1) is 5.29. The van der Waals surface area contributed by atoms with Gasteiger partial charge < -0.3 is 4.90 Å². The van der Waals surface area contributed by atoms with Crippen LogP contribution in [0.2, 0.25) is 0 Å². The third-order valence-corrected chi connectivity index (χ3v) is 3.68. The van der Waals surface area contributed by atoms with E-state index in [0.29, 0.717) is 5.37 Å². The average Bonchev–Trinajstić information content (AvgIpc) is 2.30. The van der Waals surface area contributed by atoms with Gasteiger partial charge in [0.1, 0.15) is 0 Å². The van der Waals surface area contributed by atoms with Gasteiger partial charge in [-0.25, -0.2) is 0 Å². The van der Waals surface area contributed by atoms with E-state index >= 15 is 0 Å². The fourth-order valence-corrected chi connectivity index (χ4v) is 2.95. The maximum atomic E-state index is 4.03. The normalized spacial score (nSPS) is 30.9. The molecule has 0 saturated carbocycles. The van der Waals surface area contributed by atoms with Gasteiger partial charge in [-0.05, 0) is 19.3 Å². The van der Waals surface area contributed by atoms with Crippen LogP contribution in [0.15, 0.2) is 23.8 Å². The summed E-state index contributed by atoms with van der Waals surface area (Å²) in [6.07, 6.45) is 4.00. The molecule has 0 radical (unpaired) electrons. The Labute approximate surface area is 72.2 Å². The third kappa shape index (κ3) is 1.09. The van der Waals surface area contributed by atoms with Crippen LogP contribution in [0.25, 0.3) is 0 Å². The molecule has 60 valence electrons. The van der Waals surface area contributed by atoms with E-state index < -0.39 is 0 Å². The second-order valence-electron chi connectivity index (χ2n) is 3.13. The van der Waals surface area contributed by atoms with Crippen LogP contribution < -0.4 is 0 Å².